The van der Waals surface area contributed by atoms with Gasteiger partial charge in [-0.3, -0.25) is 9.69 Å². The summed E-state index contributed by atoms with van der Waals surface area (Å²) in [6.07, 6.45) is -0.0528. The van der Waals surface area contributed by atoms with Gasteiger partial charge in [0.15, 0.2) is 0 Å². The second-order valence-corrected chi connectivity index (χ2v) is 7.34. The van der Waals surface area contributed by atoms with Gasteiger partial charge in [-0.25, -0.2) is 4.79 Å². The number of hydrogen-bond donors (Lipinski definition) is 2. The molecule has 0 aliphatic carbocycles. The predicted molar refractivity (Wildman–Crippen MR) is 116 cm³/mol. The van der Waals surface area contributed by atoms with Gasteiger partial charge >= 0.3 is 6.09 Å². The minimum Gasteiger partial charge on any atom is -0.444 e. The van der Waals surface area contributed by atoms with Gasteiger partial charge in [-0.2, -0.15) is 0 Å². The van der Waals surface area contributed by atoms with E-state index in [9.17, 15) is 9.59 Å². The summed E-state index contributed by atoms with van der Waals surface area (Å²) >= 11 is 3.38. The van der Waals surface area contributed by atoms with Crippen molar-refractivity contribution >= 4 is 33.6 Å². The third-order valence-electron chi connectivity index (χ3n) is 4.55. The first-order chi connectivity index (χ1) is 14.1. The molecular weight excluding hydrogens is 434 g/mol. The van der Waals surface area contributed by atoms with Crippen molar-refractivity contribution < 1.29 is 14.3 Å². The van der Waals surface area contributed by atoms with Crippen LogP contribution in [0.1, 0.15) is 24.5 Å². The van der Waals surface area contributed by atoms with Crippen molar-refractivity contribution in [2.45, 2.75) is 26.1 Å². The Morgan fingerprint density at radius 3 is 2.34 bits per heavy atom. The number of carbonyl (C=O) groups excluding carboxylic acids is 2. The van der Waals surface area contributed by atoms with Crippen molar-refractivity contribution in [3.63, 3.8) is 0 Å². The fourth-order valence-corrected chi connectivity index (χ4v) is 3.44. The standard InChI is InChI=1S/C22H24BrN3O3/c1-2-18-24-19(17-11-7-4-8-12-17)20(21(27)25-18)26(14-13-23)22(28)29-15-16-9-5-3-6-10-16/h3-12,18,24H,2,13-15H2,1H3,(H,25,27). The predicted octanol–water partition coefficient (Wildman–Crippen LogP) is 3.84. The lowest BCUT2D eigenvalue weighted by atomic mass is 10.1. The Morgan fingerprint density at radius 1 is 1.07 bits per heavy atom. The van der Waals surface area contributed by atoms with E-state index in [0.29, 0.717) is 24.0 Å². The molecule has 0 spiro atoms. The van der Waals surface area contributed by atoms with Crippen LogP contribution in [0.4, 0.5) is 4.79 Å². The van der Waals surface area contributed by atoms with Crippen LogP contribution in [0.5, 0.6) is 0 Å². The van der Waals surface area contributed by atoms with Crippen LogP contribution in [0.3, 0.4) is 0 Å². The summed E-state index contributed by atoms with van der Waals surface area (Å²) in [4.78, 5) is 27.3. The van der Waals surface area contributed by atoms with Crippen LogP contribution in [0.15, 0.2) is 66.4 Å². The number of ether oxygens (including phenoxy) is 1. The normalized spacial score (nSPS) is 16.1. The van der Waals surface area contributed by atoms with Gasteiger partial charge in [-0.15, -0.1) is 0 Å². The van der Waals surface area contributed by atoms with E-state index in [1.165, 1.54) is 4.90 Å². The summed E-state index contributed by atoms with van der Waals surface area (Å²) in [7, 11) is 0. The molecule has 1 unspecified atom stereocenters. The first-order valence-electron chi connectivity index (χ1n) is 9.55. The van der Waals surface area contributed by atoms with Crippen molar-refractivity contribution in [1.29, 1.82) is 0 Å². The number of nitrogens with one attached hydrogen (secondary N) is 2. The van der Waals surface area contributed by atoms with Crippen molar-refractivity contribution in [1.82, 2.24) is 15.5 Å². The van der Waals surface area contributed by atoms with Gasteiger partial charge in [0.1, 0.15) is 12.3 Å². The van der Waals surface area contributed by atoms with E-state index in [1.54, 1.807) is 0 Å². The number of rotatable bonds is 7. The monoisotopic (exact) mass is 457 g/mol. The summed E-state index contributed by atoms with van der Waals surface area (Å²) in [6.45, 7) is 2.42. The summed E-state index contributed by atoms with van der Waals surface area (Å²) in [5.41, 5.74) is 2.61. The van der Waals surface area contributed by atoms with Crippen LogP contribution in [0, 0.1) is 0 Å². The van der Waals surface area contributed by atoms with E-state index in [0.717, 1.165) is 11.1 Å². The van der Waals surface area contributed by atoms with Crippen molar-refractivity contribution in [2.75, 3.05) is 11.9 Å². The Kier molecular flexibility index (Phi) is 7.30. The average Bonchev–Trinajstić information content (AvgIpc) is 2.77. The largest absolute Gasteiger partial charge is 0.444 e. The number of hydrogen-bond acceptors (Lipinski definition) is 4. The Morgan fingerprint density at radius 2 is 1.72 bits per heavy atom. The fourth-order valence-electron chi connectivity index (χ4n) is 3.08. The molecule has 6 nitrogen and oxygen atoms in total. The first-order valence-corrected chi connectivity index (χ1v) is 10.7. The van der Waals surface area contributed by atoms with E-state index < -0.39 is 6.09 Å². The molecule has 2 N–H and O–H groups in total. The smallest absolute Gasteiger partial charge is 0.414 e. The second kappa shape index (κ2) is 10.1. The van der Waals surface area contributed by atoms with Crippen LogP contribution in [0.2, 0.25) is 0 Å². The molecule has 0 saturated carbocycles. The number of alkyl halides is 1. The lowest BCUT2D eigenvalue weighted by molar-refractivity contribution is -0.120. The van der Waals surface area contributed by atoms with Crippen molar-refractivity contribution in [3.8, 4) is 0 Å². The van der Waals surface area contributed by atoms with Gasteiger partial charge in [0.05, 0.1) is 11.9 Å². The molecule has 7 heteroatoms. The molecule has 29 heavy (non-hydrogen) atoms. The molecule has 1 aliphatic rings. The minimum atomic E-state index is -0.566. The third kappa shape index (κ3) is 5.17. The van der Waals surface area contributed by atoms with E-state index in [1.807, 2.05) is 67.6 Å². The lowest BCUT2D eigenvalue weighted by Crippen LogP contribution is -2.53. The number of benzene rings is 2. The molecule has 0 aromatic heterocycles. The van der Waals surface area contributed by atoms with Gasteiger partial charge in [-0.05, 0) is 17.5 Å². The summed E-state index contributed by atoms with van der Waals surface area (Å²) in [6, 6.07) is 19.0. The zero-order chi connectivity index (χ0) is 20.6. The number of halogens is 1. The highest BCUT2D eigenvalue weighted by Gasteiger charge is 2.33. The molecule has 2 aromatic carbocycles. The van der Waals surface area contributed by atoms with Crippen LogP contribution in [-0.2, 0) is 16.1 Å². The Labute approximate surface area is 179 Å². The molecule has 2 aromatic rings. The molecule has 3 rings (SSSR count). The minimum absolute atomic E-state index is 0.138. The molecular formula is C22H24BrN3O3. The van der Waals surface area contributed by atoms with Gasteiger partial charge in [0.25, 0.3) is 5.91 Å². The van der Waals surface area contributed by atoms with Crippen molar-refractivity contribution in [2.24, 2.45) is 0 Å². The number of amides is 2. The zero-order valence-electron chi connectivity index (χ0n) is 16.2. The number of carbonyl (C=O) groups is 2. The molecule has 2 amide bonds. The maximum absolute atomic E-state index is 13.0. The van der Waals surface area contributed by atoms with Crippen LogP contribution >= 0.6 is 15.9 Å². The molecule has 1 heterocycles. The molecule has 1 aliphatic heterocycles. The summed E-state index contributed by atoms with van der Waals surface area (Å²) in [5.74, 6) is -0.299. The maximum Gasteiger partial charge on any atom is 0.414 e. The third-order valence-corrected chi connectivity index (χ3v) is 4.90. The summed E-state index contributed by atoms with van der Waals surface area (Å²) < 4.78 is 5.51. The Balaban J connectivity index is 1.93. The van der Waals surface area contributed by atoms with E-state index in [4.69, 9.17) is 4.74 Å². The maximum atomic E-state index is 13.0. The molecule has 152 valence electrons. The van der Waals surface area contributed by atoms with Crippen molar-refractivity contribution in [3.05, 3.63) is 77.5 Å². The lowest BCUT2D eigenvalue weighted by Gasteiger charge is -2.34. The Bertz CT molecular complexity index is 871. The topological polar surface area (TPSA) is 70.7 Å². The summed E-state index contributed by atoms with van der Waals surface area (Å²) in [5, 5.41) is 6.76. The molecule has 0 bridgehead atoms. The highest BCUT2D eigenvalue weighted by molar-refractivity contribution is 9.09. The quantitative estimate of drug-likeness (QED) is 0.619. The number of nitrogens with zero attached hydrogens (tertiary/aromatic N) is 1. The van der Waals surface area contributed by atoms with Gasteiger partial charge < -0.3 is 15.4 Å². The zero-order valence-corrected chi connectivity index (χ0v) is 17.8. The fraction of sp³-hybridized carbons (Fsp3) is 0.273. The molecule has 0 radical (unpaired) electrons. The molecule has 0 saturated heterocycles. The molecule has 1 atom stereocenters. The van der Waals surface area contributed by atoms with Gasteiger partial charge in [0, 0.05) is 11.9 Å². The van der Waals surface area contributed by atoms with E-state index >= 15 is 0 Å². The highest BCUT2D eigenvalue weighted by Crippen LogP contribution is 2.24. The Hall–Kier alpha value is -2.80. The van der Waals surface area contributed by atoms with Gasteiger partial charge in [-0.1, -0.05) is 83.5 Å². The van der Waals surface area contributed by atoms with Crippen LogP contribution in [0.25, 0.3) is 5.70 Å². The van der Waals surface area contributed by atoms with Crippen LogP contribution in [-0.4, -0.2) is 34.9 Å². The highest BCUT2D eigenvalue weighted by atomic mass is 79.9. The van der Waals surface area contributed by atoms with E-state index in [-0.39, 0.29) is 24.4 Å². The SMILES string of the molecule is CCC1NC(=O)C(N(CCBr)C(=O)OCc2ccccc2)=C(c2ccccc2)N1. The average molecular weight is 458 g/mol. The second-order valence-electron chi connectivity index (χ2n) is 6.55. The molecule has 0 fully saturated rings. The van der Waals surface area contributed by atoms with E-state index in [2.05, 4.69) is 26.6 Å². The van der Waals surface area contributed by atoms with Gasteiger partial charge in [0.2, 0.25) is 0 Å². The first kappa shape index (κ1) is 20.9. The van der Waals surface area contributed by atoms with Crippen LogP contribution < -0.4 is 10.6 Å².